The number of halogens is 5. The lowest BCUT2D eigenvalue weighted by molar-refractivity contribution is -0.136. The lowest BCUT2D eigenvalue weighted by Gasteiger charge is -2.12. The predicted molar refractivity (Wildman–Crippen MR) is 95.0 cm³/mol. The van der Waals surface area contributed by atoms with E-state index in [1.54, 1.807) is 0 Å². The number of sulfonamides is 1. The van der Waals surface area contributed by atoms with Crippen LogP contribution < -0.4 is 10.3 Å². The molecule has 28 heavy (non-hydrogen) atoms. The summed E-state index contributed by atoms with van der Waals surface area (Å²) < 4.78 is 80.4. The summed E-state index contributed by atoms with van der Waals surface area (Å²) >= 11 is 5.74. The second-order valence-corrected chi connectivity index (χ2v) is 8.02. The zero-order chi connectivity index (χ0) is 20.7. The molecule has 2 N–H and O–H groups in total. The van der Waals surface area contributed by atoms with E-state index < -0.39 is 50.0 Å². The van der Waals surface area contributed by atoms with Crippen molar-refractivity contribution in [1.29, 1.82) is 0 Å². The highest BCUT2D eigenvalue weighted by atomic mass is 35.5. The van der Waals surface area contributed by atoms with Gasteiger partial charge >= 0.3 is 6.18 Å². The van der Waals surface area contributed by atoms with Crippen molar-refractivity contribution in [1.82, 2.24) is 9.71 Å². The van der Waals surface area contributed by atoms with Gasteiger partial charge in [0.05, 0.1) is 10.5 Å². The Bertz CT molecular complexity index is 1220. The minimum absolute atomic E-state index is 0.0304. The lowest BCUT2D eigenvalue weighted by Crippen LogP contribution is -2.24. The third kappa shape index (κ3) is 4.18. The molecule has 0 bridgehead atoms. The van der Waals surface area contributed by atoms with E-state index in [4.69, 9.17) is 11.6 Å². The summed E-state index contributed by atoms with van der Waals surface area (Å²) in [5.41, 5.74) is -2.42. The van der Waals surface area contributed by atoms with Gasteiger partial charge in [-0.3, -0.25) is 4.79 Å². The number of nitrogens with one attached hydrogen (secondary N) is 2. The van der Waals surface area contributed by atoms with Gasteiger partial charge in [0.1, 0.15) is 5.82 Å². The SMILES string of the molecule is O=c1cc(C(F)(F)F)c2cc(S(=O)(=O)NCc3cc(Cl)ccc3F)ccc2[nH]1. The van der Waals surface area contributed by atoms with Crippen LogP contribution in [0.15, 0.2) is 52.2 Å². The van der Waals surface area contributed by atoms with E-state index in [1.165, 1.54) is 12.1 Å². The molecule has 0 saturated carbocycles. The Hall–Kier alpha value is -2.43. The molecule has 0 unspecified atom stereocenters. The molecule has 148 valence electrons. The number of rotatable bonds is 4. The standard InChI is InChI=1S/C17H11ClF4N2O3S/c18-10-1-3-14(19)9(5-10)8-23-28(26,27)11-2-4-15-12(6-11)13(17(20,21)22)7-16(25)24-15/h1-7,23H,8H2,(H,24,25). The van der Waals surface area contributed by atoms with Crippen molar-refractivity contribution >= 4 is 32.5 Å². The molecule has 2 aromatic carbocycles. The topological polar surface area (TPSA) is 79.0 Å². The first-order chi connectivity index (χ1) is 13.0. The molecular formula is C17H11ClF4N2O3S. The van der Waals surface area contributed by atoms with E-state index in [2.05, 4.69) is 9.71 Å². The second kappa shape index (κ2) is 7.19. The van der Waals surface area contributed by atoms with Crippen molar-refractivity contribution in [2.24, 2.45) is 0 Å². The van der Waals surface area contributed by atoms with Gasteiger partial charge in [0, 0.05) is 34.1 Å². The molecule has 0 saturated heterocycles. The molecular weight excluding hydrogens is 424 g/mol. The molecule has 3 rings (SSSR count). The Morgan fingerprint density at radius 3 is 2.46 bits per heavy atom. The summed E-state index contributed by atoms with van der Waals surface area (Å²) in [4.78, 5) is 13.2. The van der Waals surface area contributed by atoms with Gasteiger partial charge in [-0.1, -0.05) is 11.6 Å². The van der Waals surface area contributed by atoms with Gasteiger partial charge in [-0.05, 0) is 36.4 Å². The number of pyridine rings is 1. The number of hydrogen-bond acceptors (Lipinski definition) is 3. The minimum atomic E-state index is -4.85. The maximum absolute atomic E-state index is 13.7. The molecule has 0 amide bonds. The largest absolute Gasteiger partial charge is 0.417 e. The van der Waals surface area contributed by atoms with Crippen molar-refractivity contribution in [2.75, 3.05) is 0 Å². The van der Waals surface area contributed by atoms with Crippen molar-refractivity contribution in [2.45, 2.75) is 17.6 Å². The smallest absolute Gasteiger partial charge is 0.322 e. The number of alkyl halides is 3. The van der Waals surface area contributed by atoms with E-state index in [9.17, 15) is 30.8 Å². The van der Waals surface area contributed by atoms with Crippen LogP contribution in [0.1, 0.15) is 11.1 Å². The highest BCUT2D eigenvalue weighted by Gasteiger charge is 2.33. The molecule has 11 heteroatoms. The Kier molecular flexibility index (Phi) is 5.22. The Labute approximate surface area is 161 Å². The van der Waals surface area contributed by atoms with Crippen LogP contribution in [-0.2, 0) is 22.7 Å². The highest BCUT2D eigenvalue weighted by Crippen LogP contribution is 2.34. The summed E-state index contributed by atoms with van der Waals surface area (Å²) in [5.74, 6) is -0.692. The van der Waals surface area contributed by atoms with Crippen LogP contribution in [0.2, 0.25) is 5.02 Å². The van der Waals surface area contributed by atoms with Crippen LogP contribution in [-0.4, -0.2) is 13.4 Å². The quantitative estimate of drug-likeness (QED) is 0.613. The lowest BCUT2D eigenvalue weighted by atomic mass is 10.1. The van der Waals surface area contributed by atoms with E-state index >= 15 is 0 Å². The molecule has 1 heterocycles. The Morgan fingerprint density at radius 1 is 1.07 bits per heavy atom. The van der Waals surface area contributed by atoms with Crippen LogP contribution >= 0.6 is 11.6 Å². The van der Waals surface area contributed by atoms with Crippen molar-refractivity contribution in [3.63, 3.8) is 0 Å². The fourth-order valence-electron chi connectivity index (χ4n) is 2.57. The Balaban J connectivity index is 2.01. The predicted octanol–water partition coefficient (Wildman–Crippen LogP) is 3.82. The van der Waals surface area contributed by atoms with Crippen LogP contribution in [0, 0.1) is 5.82 Å². The highest BCUT2D eigenvalue weighted by molar-refractivity contribution is 7.89. The van der Waals surface area contributed by atoms with E-state index in [0.29, 0.717) is 6.07 Å². The maximum atomic E-state index is 13.7. The van der Waals surface area contributed by atoms with E-state index in [0.717, 1.165) is 24.3 Å². The molecule has 1 aromatic heterocycles. The first kappa shape index (κ1) is 20.3. The van der Waals surface area contributed by atoms with Crippen molar-refractivity contribution in [3.05, 3.63) is 74.8 Å². The molecule has 0 fully saturated rings. The van der Waals surface area contributed by atoms with Gasteiger partial charge in [0.15, 0.2) is 0 Å². The molecule has 0 aliphatic rings. The van der Waals surface area contributed by atoms with Crippen LogP contribution in [0.3, 0.4) is 0 Å². The zero-order valence-electron chi connectivity index (χ0n) is 13.8. The van der Waals surface area contributed by atoms with Gasteiger partial charge < -0.3 is 4.98 Å². The second-order valence-electron chi connectivity index (χ2n) is 5.81. The minimum Gasteiger partial charge on any atom is -0.322 e. The number of hydrogen-bond donors (Lipinski definition) is 2. The van der Waals surface area contributed by atoms with E-state index in [-0.39, 0.29) is 16.1 Å². The van der Waals surface area contributed by atoms with Gasteiger partial charge in [0.2, 0.25) is 15.6 Å². The van der Waals surface area contributed by atoms with Gasteiger partial charge in [-0.15, -0.1) is 0 Å². The molecule has 0 aliphatic carbocycles. The number of aromatic amines is 1. The molecule has 5 nitrogen and oxygen atoms in total. The third-order valence-corrected chi connectivity index (χ3v) is 5.52. The number of H-pyrrole nitrogens is 1. The fourth-order valence-corrected chi connectivity index (χ4v) is 3.80. The molecule has 3 aromatic rings. The van der Waals surface area contributed by atoms with Gasteiger partial charge in [-0.25, -0.2) is 17.5 Å². The summed E-state index contributed by atoms with van der Waals surface area (Å²) in [6.07, 6.45) is -4.85. The number of aromatic nitrogens is 1. The zero-order valence-corrected chi connectivity index (χ0v) is 15.3. The molecule has 0 spiro atoms. The molecule has 0 atom stereocenters. The van der Waals surface area contributed by atoms with Gasteiger partial charge in [0.25, 0.3) is 0 Å². The number of benzene rings is 2. The van der Waals surface area contributed by atoms with Crippen LogP contribution in [0.25, 0.3) is 10.9 Å². The van der Waals surface area contributed by atoms with Crippen molar-refractivity contribution < 1.29 is 26.0 Å². The molecule has 0 aliphatic heterocycles. The summed E-state index contributed by atoms with van der Waals surface area (Å²) in [6.45, 7) is -0.454. The summed E-state index contributed by atoms with van der Waals surface area (Å²) in [5, 5.41) is -0.288. The van der Waals surface area contributed by atoms with Crippen LogP contribution in [0.5, 0.6) is 0 Å². The summed E-state index contributed by atoms with van der Waals surface area (Å²) in [6, 6.07) is 6.83. The normalized spacial score (nSPS) is 12.5. The average Bonchev–Trinajstić information content (AvgIpc) is 2.60. The van der Waals surface area contributed by atoms with Crippen LogP contribution in [0.4, 0.5) is 17.6 Å². The van der Waals surface area contributed by atoms with Crippen molar-refractivity contribution in [3.8, 4) is 0 Å². The summed E-state index contributed by atoms with van der Waals surface area (Å²) in [7, 11) is -4.27. The average molecular weight is 435 g/mol. The third-order valence-electron chi connectivity index (χ3n) is 3.89. The monoisotopic (exact) mass is 434 g/mol. The first-order valence-corrected chi connectivity index (χ1v) is 9.51. The van der Waals surface area contributed by atoms with E-state index in [1.807, 2.05) is 0 Å². The van der Waals surface area contributed by atoms with Gasteiger partial charge in [-0.2, -0.15) is 13.2 Å². The molecule has 0 radical (unpaired) electrons. The Morgan fingerprint density at radius 2 is 1.79 bits per heavy atom. The number of fused-ring (bicyclic) bond motifs is 1. The fraction of sp³-hybridized carbons (Fsp3) is 0.118. The maximum Gasteiger partial charge on any atom is 0.417 e. The first-order valence-electron chi connectivity index (χ1n) is 7.65.